The van der Waals surface area contributed by atoms with Crippen molar-refractivity contribution in [3.63, 3.8) is 0 Å². The summed E-state index contributed by atoms with van der Waals surface area (Å²) in [5.74, 6) is 0.626. The van der Waals surface area contributed by atoms with E-state index in [0.29, 0.717) is 15.3 Å². The minimum atomic E-state index is -0.0983. The number of thiazole rings is 1. The molecule has 0 spiro atoms. The number of rotatable bonds is 1. The van der Waals surface area contributed by atoms with Crippen LogP contribution in [0.15, 0.2) is 29.1 Å². The lowest BCUT2D eigenvalue weighted by Crippen LogP contribution is -2.23. The topological polar surface area (TPSA) is 47.3 Å². The number of hydrogen-bond donors (Lipinski definition) is 0. The Kier molecular flexibility index (Phi) is 2.48. The second-order valence-corrected chi connectivity index (χ2v) is 5.13. The van der Waals surface area contributed by atoms with Gasteiger partial charge in [0, 0.05) is 0 Å². The summed E-state index contributed by atoms with van der Waals surface area (Å²) in [6.45, 7) is 3.81. The first kappa shape index (κ1) is 11.1. The van der Waals surface area contributed by atoms with E-state index in [2.05, 4.69) is 10.1 Å². The van der Waals surface area contributed by atoms with E-state index in [9.17, 15) is 4.79 Å². The number of hydrogen-bond acceptors (Lipinski definition) is 4. The Morgan fingerprint density at radius 3 is 2.78 bits per heavy atom. The molecule has 0 aliphatic heterocycles. The quantitative estimate of drug-likeness (QED) is 0.660. The first-order valence-electron chi connectivity index (χ1n) is 5.59. The van der Waals surface area contributed by atoms with Gasteiger partial charge in [0.15, 0.2) is 0 Å². The zero-order valence-corrected chi connectivity index (χ0v) is 10.9. The molecular formula is C13H11N3OS. The van der Waals surface area contributed by atoms with Gasteiger partial charge in [0.25, 0.3) is 5.56 Å². The fourth-order valence-electron chi connectivity index (χ4n) is 1.82. The number of aromatic nitrogens is 3. The summed E-state index contributed by atoms with van der Waals surface area (Å²) in [7, 11) is 0. The van der Waals surface area contributed by atoms with Crippen molar-refractivity contribution >= 4 is 22.4 Å². The fraction of sp³-hybridized carbons (Fsp3) is 0.154. The number of benzene rings is 1. The van der Waals surface area contributed by atoms with Gasteiger partial charge >= 0.3 is 0 Å². The van der Waals surface area contributed by atoms with Gasteiger partial charge in [0.1, 0.15) is 5.82 Å². The Balaban J connectivity index is 2.27. The van der Waals surface area contributed by atoms with E-state index < -0.39 is 0 Å². The molecule has 18 heavy (non-hydrogen) atoms. The predicted octanol–water partition coefficient (Wildman–Crippen LogP) is 1.32. The highest BCUT2D eigenvalue weighted by Gasteiger charge is 2.07. The summed E-state index contributed by atoms with van der Waals surface area (Å²) in [6, 6.07) is 7.97. The number of aryl methyl sites for hydroxylation is 2. The molecule has 90 valence electrons. The lowest BCUT2D eigenvalue weighted by Gasteiger charge is -1.96. The maximum Gasteiger partial charge on any atom is 0.291 e. The summed E-state index contributed by atoms with van der Waals surface area (Å²) in [4.78, 5) is 17.0. The van der Waals surface area contributed by atoms with Crippen LogP contribution in [0.5, 0.6) is 0 Å². The Labute approximate surface area is 107 Å². The molecule has 0 bridgehead atoms. The van der Waals surface area contributed by atoms with Gasteiger partial charge in [-0.05, 0) is 31.1 Å². The summed E-state index contributed by atoms with van der Waals surface area (Å²) in [5, 5.41) is 4.08. The maximum atomic E-state index is 12.1. The first-order valence-corrected chi connectivity index (χ1v) is 6.40. The van der Waals surface area contributed by atoms with Crippen LogP contribution in [0, 0.1) is 13.8 Å². The van der Waals surface area contributed by atoms with Crippen LogP contribution in [0.25, 0.3) is 11.0 Å². The van der Waals surface area contributed by atoms with Gasteiger partial charge in [-0.15, -0.1) is 5.10 Å². The van der Waals surface area contributed by atoms with Crippen LogP contribution in [0.1, 0.15) is 17.0 Å². The molecule has 0 unspecified atom stereocenters. The van der Waals surface area contributed by atoms with Crippen LogP contribution in [0.4, 0.5) is 0 Å². The smallest absolute Gasteiger partial charge is 0.266 e. The molecular weight excluding hydrogens is 246 g/mol. The minimum absolute atomic E-state index is 0.0983. The van der Waals surface area contributed by atoms with E-state index in [1.807, 2.05) is 37.3 Å². The minimum Gasteiger partial charge on any atom is -0.266 e. The van der Waals surface area contributed by atoms with Gasteiger partial charge in [-0.3, -0.25) is 4.79 Å². The van der Waals surface area contributed by atoms with Gasteiger partial charge in [-0.2, -0.15) is 4.52 Å². The van der Waals surface area contributed by atoms with Crippen LogP contribution < -0.4 is 10.1 Å². The van der Waals surface area contributed by atoms with E-state index in [1.54, 1.807) is 6.92 Å². The van der Waals surface area contributed by atoms with Crippen LogP contribution in [-0.4, -0.2) is 14.6 Å². The summed E-state index contributed by atoms with van der Waals surface area (Å²) < 4.78 is 2.03. The molecule has 3 rings (SSSR count). The van der Waals surface area contributed by atoms with Gasteiger partial charge in [0.05, 0.1) is 4.53 Å². The summed E-state index contributed by atoms with van der Waals surface area (Å²) in [5.41, 5.74) is 2.10. The van der Waals surface area contributed by atoms with Crippen molar-refractivity contribution < 1.29 is 0 Å². The highest BCUT2D eigenvalue weighted by molar-refractivity contribution is 7.15. The molecule has 3 aromatic rings. The van der Waals surface area contributed by atoms with E-state index in [4.69, 9.17) is 0 Å². The predicted molar refractivity (Wildman–Crippen MR) is 71.8 cm³/mol. The molecule has 0 saturated carbocycles. The Hall–Kier alpha value is -2.01. The van der Waals surface area contributed by atoms with Crippen molar-refractivity contribution in [3.8, 4) is 0 Å². The third-order valence-electron chi connectivity index (χ3n) is 2.76. The van der Waals surface area contributed by atoms with Crippen molar-refractivity contribution in [2.45, 2.75) is 13.8 Å². The van der Waals surface area contributed by atoms with Crippen LogP contribution in [0.2, 0.25) is 0 Å². The lowest BCUT2D eigenvalue weighted by atomic mass is 10.1. The Bertz CT molecular complexity index is 832. The standard InChI is InChI=1S/C13H11N3OS/c1-8-5-3-4-6-10(8)7-11-12(17)16-13(18-11)14-9(2)15-16/h3-7H,1-2H3/b11-7-. The third kappa shape index (κ3) is 1.73. The molecule has 0 atom stereocenters. The molecule has 4 nitrogen and oxygen atoms in total. The molecule has 0 amide bonds. The van der Waals surface area contributed by atoms with Gasteiger partial charge < -0.3 is 0 Å². The first-order chi connectivity index (χ1) is 8.65. The van der Waals surface area contributed by atoms with E-state index in [1.165, 1.54) is 15.9 Å². The SMILES string of the molecule is Cc1nc2s/c(=C\c3ccccc3C)c(=O)n2n1. The van der Waals surface area contributed by atoms with Gasteiger partial charge in [0.2, 0.25) is 4.96 Å². The molecule has 2 heterocycles. The fourth-order valence-corrected chi connectivity index (χ4v) is 2.77. The monoisotopic (exact) mass is 257 g/mol. The molecule has 0 saturated heterocycles. The molecule has 0 aliphatic carbocycles. The zero-order valence-electron chi connectivity index (χ0n) is 10.0. The van der Waals surface area contributed by atoms with E-state index in [-0.39, 0.29) is 5.56 Å². The molecule has 0 fully saturated rings. The molecule has 2 aromatic heterocycles. The summed E-state index contributed by atoms with van der Waals surface area (Å²) in [6.07, 6.45) is 1.90. The van der Waals surface area contributed by atoms with E-state index in [0.717, 1.165) is 11.1 Å². The Morgan fingerprint density at radius 2 is 2.06 bits per heavy atom. The second-order valence-electron chi connectivity index (χ2n) is 4.13. The Morgan fingerprint density at radius 1 is 1.28 bits per heavy atom. The van der Waals surface area contributed by atoms with Crippen molar-refractivity contribution in [1.82, 2.24) is 14.6 Å². The lowest BCUT2D eigenvalue weighted by molar-refractivity contribution is 0.904. The molecule has 0 radical (unpaired) electrons. The van der Waals surface area contributed by atoms with Gasteiger partial charge in [-0.1, -0.05) is 35.6 Å². The highest BCUT2D eigenvalue weighted by Crippen LogP contribution is 2.08. The van der Waals surface area contributed by atoms with Crippen molar-refractivity contribution in [3.05, 3.63) is 56.1 Å². The van der Waals surface area contributed by atoms with Crippen LogP contribution >= 0.6 is 11.3 Å². The van der Waals surface area contributed by atoms with Crippen LogP contribution in [-0.2, 0) is 0 Å². The van der Waals surface area contributed by atoms with Gasteiger partial charge in [-0.25, -0.2) is 4.98 Å². The van der Waals surface area contributed by atoms with Crippen LogP contribution in [0.3, 0.4) is 0 Å². The highest BCUT2D eigenvalue weighted by atomic mass is 32.1. The van der Waals surface area contributed by atoms with Crippen molar-refractivity contribution in [2.75, 3.05) is 0 Å². The molecule has 0 aliphatic rings. The largest absolute Gasteiger partial charge is 0.291 e. The zero-order chi connectivity index (χ0) is 12.7. The average molecular weight is 257 g/mol. The van der Waals surface area contributed by atoms with Crippen molar-refractivity contribution in [1.29, 1.82) is 0 Å². The number of fused-ring (bicyclic) bond motifs is 1. The number of nitrogens with zero attached hydrogens (tertiary/aromatic N) is 3. The second kappa shape index (κ2) is 4.03. The maximum absolute atomic E-state index is 12.1. The molecule has 1 aromatic carbocycles. The average Bonchev–Trinajstić information content (AvgIpc) is 2.82. The summed E-state index contributed by atoms with van der Waals surface area (Å²) >= 11 is 1.37. The molecule has 5 heteroatoms. The van der Waals surface area contributed by atoms with E-state index >= 15 is 0 Å². The normalized spacial score (nSPS) is 12.4. The van der Waals surface area contributed by atoms with Crippen molar-refractivity contribution in [2.24, 2.45) is 0 Å². The third-order valence-corrected chi connectivity index (χ3v) is 3.72. The molecule has 0 N–H and O–H groups in total.